The van der Waals surface area contributed by atoms with Gasteiger partial charge in [-0.05, 0) is 42.5 Å². The van der Waals surface area contributed by atoms with Crippen LogP contribution in [0.5, 0.6) is 11.5 Å². The molecule has 5 heteroatoms. The van der Waals surface area contributed by atoms with Crippen molar-refractivity contribution in [3.05, 3.63) is 65.1 Å². The van der Waals surface area contributed by atoms with E-state index in [-0.39, 0.29) is 11.3 Å². The van der Waals surface area contributed by atoms with Crippen molar-refractivity contribution in [2.24, 2.45) is 0 Å². The minimum absolute atomic E-state index is 0.0308. The van der Waals surface area contributed by atoms with Gasteiger partial charge in [-0.1, -0.05) is 11.6 Å². The Balaban J connectivity index is 2.07. The van der Waals surface area contributed by atoms with Crippen LogP contribution in [0.4, 0.5) is 4.39 Å². The lowest BCUT2D eigenvalue weighted by molar-refractivity contribution is 0.445. The van der Waals surface area contributed by atoms with E-state index in [1.807, 2.05) is 12.1 Å². The maximum Gasteiger partial charge on any atom is 0.167 e. The van der Waals surface area contributed by atoms with Crippen molar-refractivity contribution in [3.63, 3.8) is 0 Å². The molecule has 3 nitrogen and oxygen atoms in total. The molecular formula is C16H8ClFN2O. The fourth-order valence-electron chi connectivity index (χ4n) is 1.97. The van der Waals surface area contributed by atoms with Crippen LogP contribution < -0.4 is 4.74 Å². The Bertz CT molecular complexity index is 874. The topological polar surface area (TPSA) is 45.9 Å². The lowest BCUT2D eigenvalue weighted by Crippen LogP contribution is -1.92. The maximum atomic E-state index is 13.9. The molecular weight excluding hydrogens is 291 g/mol. The highest BCUT2D eigenvalue weighted by molar-refractivity contribution is 6.35. The third-order valence-electron chi connectivity index (χ3n) is 2.96. The van der Waals surface area contributed by atoms with Gasteiger partial charge >= 0.3 is 0 Å². The second kappa shape index (κ2) is 5.39. The number of pyridine rings is 1. The van der Waals surface area contributed by atoms with E-state index < -0.39 is 5.82 Å². The van der Waals surface area contributed by atoms with Crippen molar-refractivity contribution in [3.8, 4) is 17.6 Å². The van der Waals surface area contributed by atoms with Crippen LogP contribution in [0.25, 0.3) is 10.9 Å². The van der Waals surface area contributed by atoms with Crippen molar-refractivity contribution < 1.29 is 9.13 Å². The number of benzene rings is 2. The van der Waals surface area contributed by atoms with Crippen LogP contribution in [-0.2, 0) is 0 Å². The van der Waals surface area contributed by atoms with E-state index >= 15 is 0 Å². The first-order chi connectivity index (χ1) is 10.2. The average molecular weight is 299 g/mol. The van der Waals surface area contributed by atoms with E-state index in [2.05, 4.69) is 4.98 Å². The number of aromatic nitrogens is 1. The van der Waals surface area contributed by atoms with Crippen LogP contribution in [0, 0.1) is 17.1 Å². The minimum Gasteiger partial charge on any atom is -0.452 e. The molecule has 0 aliphatic rings. The van der Waals surface area contributed by atoms with Crippen LogP contribution in [0.1, 0.15) is 5.56 Å². The van der Waals surface area contributed by atoms with E-state index in [9.17, 15) is 4.39 Å². The molecule has 0 fully saturated rings. The molecule has 0 aliphatic heterocycles. The van der Waals surface area contributed by atoms with Gasteiger partial charge in [0.2, 0.25) is 0 Å². The van der Waals surface area contributed by atoms with Gasteiger partial charge in [-0.2, -0.15) is 5.26 Å². The number of nitriles is 1. The van der Waals surface area contributed by atoms with Gasteiger partial charge in [0.1, 0.15) is 5.52 Å². The van der Waals surface area contributed by atoms with Gasteiger partial charge in [-0.3, -0.25) is 4.98 Å². The standard InChI is InChI=1S/C16H8ClFN2O/c17-12-4-6-15(16-11(12)2-1-7-20-16)21-14-5-3-10(9-19)8-13(14)18/h1-8H. The van der Waals surface area contributed by atoms with Crippen molar-refractivity contribution in [1.82, 2.24) is 4.98 Å². The molecule has 1 heterocycles. The molecule has 3 rings (SSSR count). The number of rotatable bonds is 2. The Hall–Kier alpha value is -2.64. The van der Waals surface area contributed by atoms with Gasteiger partial charge < -0.3 is 4.74 Å². The summed E-state index contributed by atoms with van der Waals surface area (Å²) in [5.74, 6) is -0.171. The summed E-state index contributed by atoms with van der Waals surface area (Å²) in [5, 5.41) is 10.0. The number of ether oxygens (including phenoxy) is 1. The quantitative estimate of drug-likeness (QED) is 0.689. The first-order valence-corrected chi connectivity index (χ1v) is 6.47. The zero-order chi connectivity index (χ0) is 14.8. The molecule has 0 saturated carbocycles. The highest BCUT2D eigenvalue weighted by Crippen LogP contribution is 2.33. The number of halogens is 2. The van der Waals surface area contributed by atoms with Gasteiger partial charge in [0.15, 0.2) is 17.3 Å². The average Bonchev–Trinajstić information content (AvgIpc) is 2.52. The molecule has 0 unspecified atom stereocenters. The van der Waals surface area contributed by atoms with E-state index in [0.717, 1.165) is 11.5 Å². The van der Waals surface area contributed by atoms with Crippen molar-refractivity contribution in [2.45, 2.75) is 0 Å². The Morgan fingerprint density at radius 2 is 1.95 bits per heavy atom. The smallest absolute Gasteiger partial charge is 0.167 e. The van der Waals surface area contributed by atoms with E-state index in [0.29, 0.717) is 16.3 Å². The molecule has 2 aromatic carbocycles. The Kier molecular flexibility index (Phi) is 3.43. The summed E-state index contributed by atoms with van der Waals surface area (Å²) in [6, 6.07) is 12.8. The first kappa shape index (κ1) is 13.3. The second-order valence-electron chi connectivity index (χ2n) is 4.30. The van der Waals surface area contributed by atoms with Gasteiger partial charge in [0.05, 0.1) is 16.7 Å². The van der Waals surface area contributed by atoms with Crippen LogP contribution >= 0.6 is 11.6 Å². The van der Waals surface area contributed by atoms with Crippen LogP contribution in [0.3, 0.4) is 0 Å². The van der Waals surface area contributed by atoms with Crippen molar-refractivity contribution >= 4 is 22.5 Å². The Morgan fingerprint density at radius 3 is 2.71 bits per heavy atom. The summed E-state index contributed by atoms with van der Waals surface area (Å²) in [6.45, 7) is 0. The second-order valence-corrected chi connectivity index (χ2v) is 4.71. The van der Waals surface area contributed by atoms with E-state index in [1.165, 1.54) is 12.1 Å². The third kappa shape index (κ3) is 2.51. The number of hydrogen-bond donors (Lipinski definition) is 0. The van der Waals surface area contributed by atoms with Crippen LogP contribution in [0.15, 0.2) is 48.7 Å². The largest absolute Gasteiger partial charge is 0.452 e. The van der Waals surface area contributed by atoms with Gasteiger partial charge in [-0.25, -0.2) is 4.39 Å². The summed E-state index contributed by atoms with van der Waals surface area (Å²) >= 11 is 6.10. The zero-order valence-corrected chi connectivity index (χ0v) is 11.4. The molecule has 0 radical (unpaired) electrons. The predicted molar refractivity (Wildman–Crippen MR) is 77.9 cm³/mol. The van der Waals surface area contributed by atoms with E-state index in [1.54, 1.807) is 24.4 Å². The number of hydrogen-bond acceptors (Lipinski definition) is 3. The maximum absolute atomic E-state index is 13.9. The van der Waals surface area contributed by atoms with Gasteiger partial charge in [-0.15, -0.1) is 0 Å². The van der Waals surface area contributed by atoms with Crippen LogP contribution in [-0.4, -0.2) is 4.98 Å². The number of fused-ring (bicyclic) bond motifs is 1. The molecule has 102 valence electrons. The highest BCUT2D eigenvalue weighted by Gasteiger charge is 2.11. The van der Waals surface area contributed by atoms with Crippen LogP contribution in [0.2, 0.25) is 5.02 Å². The Morgan fingerprint density at radius 1 is 1.14 bits per heavy atom. The molecule has 0 spiro atoms. The summed E-state index contributed by atoms with van der Waals surface area (Å²) in [7, 11) is 0. The molecule has 3 aromatic rings. The molecule has 0 saturated heterocycles. The predicted octanol–water partition coefficient (Wildman–Crippen LogP) is 4.69. The number of nitrogens with zero attached hydrogens (tertiary/aromatic N) is 2. The fraction of sp³-hybridized carbons (Fsp3) is 0. The minimum atomic E-state index is -0.604. The monoisotopic (exact) mass is 298 g/mol. The summed E-state index contributed by atoms with van der Waals surface area (Å²) in [6.07, 6.45) is 1.61. The zero-order valence-electron chi connectivity index (χ0n) is 10.7. The summed E-state index contributed by atoms with van der Waals surface area (Å²) in [4.78, 5) is 4.22. The van der Waals surface area contributed by atoms with Crippen molar-refractivity contribution in [2.75, 3.05) is 0 Å². The summed E-state index contributed by atoms with van der Waals surface area (Å²) in [5.41, 5.74) is 0.785. The lowest BCUT2D eigenvalue weighted by atomic mass is 10.2. The lowest BCUT2D eigenvalue weighted by Gasteiger charge is -2.10. The molecule has 21 heavy (non-hydrogen) atoms. The Labute approximate surface area is 125 Å². The first-order valence-electron chi connectivity index (χ1n) is 6.10. The van der Waals surface area contributed by atoms with Crippen molar-refractivity contribution in [1.29, 1.82) is 5.26 Å². The summed E-state index contributed by atoms with van der Waals surface area (Å²) < 4.78 is 19.5. The van der Waals surface area contributed by atoms with Gasteiger partial charge in [0, 0.05) is 11.6 Å². The highest BCUT2D eigenvalue weighted by atomic mass is 35.5. The molecule has 0 bridgehead atoms. The molecule has 1 aromatic heterocycles. The molecule has 0 N–H and O–H groups in total. The third-order valence-corrected chi connectivity index (χ3v) is 3.29. The fourth-order valence-corrected chi connectivity index (χ4v) is 2.18. The SMILES string of the molecule is N#Cc1ccc(Oc2ccc(Cl)c3cccnc23)c(F)c1. The van der Waals surface area contributed by atoms with Gasteiger partial charge in [0.25, 0.3) is 0 Å². The molecule has 0 aliphatic carbocycles. The van der Waals surface area contributed by atoms with E-state index in [4.69, 9.17) is 21.6 Å². The molecule has 0 atom stereocenters. The normalized spacial score (nSPS) is 10.3. The molecule has 0 amide bonds.